The van der Waals surface area contributed by atoms with Crippen molar-refractivity contribution in [2.75, 3.05) is 39.2 Å². The number of hydrogen-bond donors (Lipinski definition) is 2. The molecule has 3 rings (SSSR count). The van der Waals surface area contributed by atoms with E-state index in [4.69, 9.17) is 21.1 Å². The van der Waals surface area contributed by atoms with Crippen LogP contribution in [-0.4, -0.2) is 56.5 Å². The predicted octanol–water partition coefficient (Wildman–Crippen LogP) is 2.50. The predicted molar refractivity (Wildman–Crippen MR) is 121 cm³/mol. The average molecular weight is 460 g/mol. The number of likely N-dealkylation sites (tertiary alicyclic amines) is 1. The fourth-order valence-corrected chi connectivity index (χ4v) is 3.64. The molecule has 3 amide bonds. The summed E-state index contributed by atoms with van der Waals surface area (Å²) in [5.74, 6) is 0.0678. The number of rotatable bonds is 9. The lowest BCUT2D eigenvalue weighted by atomic mass is 10.1. The number of anilines is 1. The van der Waals surface area contributed by atoms with E-state index in [-0.39, 0.29) is 30.7 Å². The normalized spacial score (nSPS) is 15.4. The first kappa shape index (κ1) is 23.4. The van der Waals surface area contributed by atoms with Gasteiger partial charge in [0.15, 0.2) is 11.5 Å². The van der Waals surface area contributed by atoms with Crippen LogP contribution in [0.3, 0.4) is 0 Å². The first-order valence-corrected chi connectivity index (χ1v) is 10.6. The number of ether oxygens (including phenoxy) is 2. The highest BCUT2D eigenvalue weighted by molar-refractivity contribution is 6.30. The molecule has 0 bridgehead atoms. The van der Waals surface area contributed by atoms with Crippen LogP contribution in [0.1, 0.15) is 12.0 Å². The van der Waals surface area contributed by atoms with Crippen molar-refractivity contribution in [1.29, 1.82) is 0 Å². The summed E-state index contributed by atoms with van der Waals surface area (Å²) in [4.78, 5) is 38.5. The van der Waals surface area contributed by atoms with Crippen molar-refractivity contribution in [2.45, 2.75) is 12.8 Å². The van der Waals surface area contributed by atoms with Crippen molar-refractivity contribution >= 4 is 35.0 Å². The van der Waals surface area contributed by atoms with Crippen LogP contribution in [0.25, 0.3) is 0 Å². The highest BCUT2D eigenvalue weighted by Gasteiger charge is 2.34. The summed E-state index contributed by atoms with van der Waals surface area (Å²) in [6, 6.07) is 12.3. The van der Waals surface area contributed by atoms with Crippen molar-refractivity contribution in [1.82, 2.24) is 10.2 Å². The third-order valence-corrected chi connectivity index (χ3v) is 5.51. The fourth-order valence-electron chi connectivity index (χ4n) is 3.51. The number of methoxy groups -OCH3 is 2. The summed E-state index contributed by atoms with van der Waals surface area (Å²) in [7, 11) is 3.15. The molecule has 0 saturated carbocycles. The lowest BCUT2D eigenvalue weighted by Gasteiger charge is -2.17. The first-order valence-electron chi connectivity index (χ1n) is 10.2. The van der Waals surface area contributed by atoms with E-state index in [9.17, 15) is 14.4 Å². The molecule has 2 N–H and O–H groups in total. The molecule has 1 fully saturated rings. The molecule has 0 aromatic heterocycles. The smallest absolute Gasteiger partial charge is 0.243 e. The monoisotopic (exact) mass is 459 g/mol. The minimum absolute atomic E-state index is 0.0729. The number of amides is 3. The summed E-state index contributed by atoms with van der Waals surface area (Å²) < 4.78 is 10.5. The Hall–Kier alpha value is -3.26. The molecule has 2 aromatic rings. The van der Waals surface area contributed by atoms with Gasteiger partial charge in [-0.1, -0.05) is 17.7 Å². The summed E-state index contributed by atoms with van der Waals surface area (Å²) in [5, 5.41) is 5.86. The van der Waals surface area contributed by atoms with Gasteiger partial charge in [-0.05, 0) is 48.4 Å². The van der Waals surface area contributed by atoms with E-state index in [0.717, 1.165) is 5.56 Å². The zero-order valence-electron chi connectivity index (χ0n) is 18.0. The SMILES string of the molecule is COc1ccc(CCN2CC(C(=O)NCC(=O)Nc3ccc(Cl)cc3)CC2=O)cc1OC. The van der Waals surface area contributed by atoms with Crippen LogP contribution in [0.2, 0.25) is 5.02 Å². The van der Waals surface area contributed by atoms with Gasteiger partial charge in [-0.15, -0.1) is 0 Å². The van der Waals surface area contributed by atoms with Gasteiger partial charge in [0.2, 0.25) is 17.7 Å². The second kappa shape index (κ2) is 10.9. The van der Waals surface area contributed by atoms with E-state index in [0.29, 0.717) is 41.7 Å². The number of halogens is 1. The highest BCUT2D eigenvalue weighted by Crippen LogP contribution is 2.28. The van der Waals surface area contributed by atoms with E-state index in [1.165, 1.54) is 0 Å². The number of carbonyl (C=O) groups is 3. The van der Waals surface area contributed by atoms with Gasteiger partial charge in [0, 0.05) is 30.2 Å². The topological polar surface area (TPSA) is 97.0 Å². The van der Waals surface area contributed by atoms with Gasteiger partial charge < -0.3 is 25.0 Å². The molecule has 1 atom stereocenters. The Labute approximate surface area is 191 Å². The van der Waals surface area contributed by atoms with Crippen LogP contribution in [0, 0.1) is 5.92 Å². The Morgan fingerprint density at radius 1 is 1.09 bits per heavy atom. The summed E-state index contributed by atoms with van der Waals surface area (Å²) in [6.45, 7) is 0.656. The average Bonchev–Trinajstić information content (AvgIpc) is 3.18. The first-order chi connectivity index (χ1) is 15.4. The molecule has 1 heterocycles. The molecule has 32 heavy (non-hydrogen) atoms. The minimum Gasteiger partial charge on any atom is -0.493 e. The molecule has 8 nitrogen and oxygen atoms in total. The zero-order valence-corrected chi connectivity index (χ0v) is 18.8. The largest absolute Gasteiger partial charge is 0.493 e. The third-order valence-electron chi connectivity index (χ3n) is 5.25. The van der Waals surface area contributed by atoms with Crippen LogP contribution < -0.4 is 20.1 Å². The van der Waals surface area contributed by atoms with Crippen LogP contribution >= 0.6 is 11.6 Å². The van der Waals surface area contributed by atoms with Crippen LogP contribution in [-0.2, 0) is 20.8 Å². The van der Waals surface area contributed by atoms with E-state index in [1.807, 2.05) is 18.2 Å². The molecule has 1 aliphatic heterocycles. The highest BCUT2D eigenvalue weighted by atomic mass is 35.5. The molecular weight excluding hydrogens is 434 g/mol. The second-order valence-corrected chi connectivity index (χ2v) is 7.89. The minimum atomic E-state index is -0.476. The molecule has 170 valence electrons. The van der Waals surface area contributed by atoms with E-state index >= 15 is 0 Å². The van der Waals surface area contributed by atoms with Crippen molar-refractivity contribution in [3.05, 3.63) is 53.1 Å². The molecule has 1 aliphatic rings. The molecule has 9 heteroatoms. The number of hydrogen-bond acceptors (Lipinski definition) is 5. The summed E-state index contributed by atoms with van der Waals surface area (Å²) in [5.41, 5.74) is 1.59. The molecular formula is C23H26ClN3O5. The van der Waals surface area contributed by atoms with E-state index in [1.54, 1.807) is 43.4 Å². The van der Waals surface area contributed by atoms with Crippen molar-refractivity contribution in [2.24, 2.45) is 5.92 Å². The van der Waals surface area contributed by atoms with Gasteiger partial charge >= 0.3 is 0 Å². The standard InChI is InChI=1S/C23H26ClN3O5/c1-31-19-8-3-15(11-20(19)32-2)9-10-27-14-16(12-22(27)29)23(30)25-13-21(28)26-18-6-4-17(24)5-7-18/h3-8,11,16H,9-10,12-14H2,1-2H3,(H,25,30)(H,26,28). The number of nitrogens with one attached hydrogen (secondary N) is 2. The van der Waals surface area contributed by atoms with Crippen LogP contribution in [0.5, 0.6) is 11.5 Å². The van der Waals surface area contributed by atoms with Gasteiger partial charge in [-0.3, -0.25) is 14.4 Å². The van der Waals surface area contributed by atoms with E-state index < -0.39 is 5.92 Å². The Morgan fingerprint density at radius 3 is 2.50 bits per heavy atom. The van der Waals surface area contributed by atoms with Crippen molar-refractivity contribution < 1.29 is 23.9 Å². The van der Waals surface area contributed by atoms with Gasteiger partial charge in [-0.25, -0.2) is 0 Å². The van der Waals surface area contributed by atoms with Gasteiger partial charge in [0.1, 0.15) is 0 Å². The second-order valence-electron chi connectivity index (χ2n) is 7.45. The summed E-state index contributed by atoms with van der Waals surface area (Å²) in [6.07, 6.45) is 0.764. The number of benzene rings is 2. The van der Waals surface area contributed by atoms with Crippen molar-refractivity contribution in [3.63, 3.8) is 0 Å². The maximum atomic E-state index is 12.4. The maximum absolute atomic E-state index is 12.4. The van der Waals surface area contributed by atoms with Gasteiger partial charge in [0.05, 0.1) is 26.7 Å². The Bertz CT molecular complexity index is 980. The molecule has 0 aliphatic carbocycles. The zero-order chi connectivity index (χ0) is 23.1. The van der Waals surface area contributed by atoms with Crippen LogP contribution in [0.4, 0.5) is 5.69 Å². The lowest BCUT2D eigenvalue weighted by Crippen LogP contribution is -2.38. The fraction of sp³-hybridized carbons (Fsp3) is 0.348. The maximum Gasteiger partial charge on any atom is 0.243 e. The van der Waals surface area contributed by atoms with Crippen LogP contribution in [0.15, 0.2) is 42.5 Å². The number of nitrogens with zero attached hydrogens (tertiary/aromatic N) is 1. The van der Waals surface area contributed by atoms with Crippen molar-refractivity contribution in [3.8, 4) is 11.5 Å². The molecule has 1 unspecified atom stereocenters. The van der Waals surface area contributed by atoms with Gasteiger partial charge in [-0.2, -0.15) is 0 Å². The molecule has 1 saturated heterocycles. The lowest BCUT2D eigenvalue weighted by molar-refractivity contribution is -0.129. The van der Waals surface area contributed by atoms with Gasteiger partial charge in [0.25, 0.3) is 0 Å². The Kier molecular flexibility index (Phi) is 7.94. The Morgan fingerprint density at radius 2 is 1.81 bits per heavy atom. The third kappa shape index (κ3) is 6.13. The number of carbonyl (C=O) groups excluding carboxylic acids is 3. The quantitative estimate of drug-likeness (QED) is 0.600. The molecule has 2 aromatic carbocycles. The molecule has 0 radical (unpaired) electrons. The Balaban J connectivity index is 1.45. The molecule has 0 spiro atoms. The summed E-state index contributed by atoms with van der Waals surface area (Å²) >= 11 is 5.82. The van der Waals surface area contributed by atoms with E-state index in [2.05, 4.69) is 10.6 Å².